The quantitative estimate of drug-likeness (QED) is 0.822. The van der Waals surface area contributed by atoms with Crippen LogP contribution in [0, 0.1) is 6.92 Å². The Bertz CT molecular complexity index is 569. The Morgan fingerprint density at radius 1 is 1.10 bits per heavy atom. The van der Waals surface area contributed by atoms with E-state index in [0.29, 0.717) is 6.04 Å². The van der Waals surface area contributed by atoms with E-state index < -0.39 is 0 Å². The molecule has 1 heteroatoms. The normalized spacial score (nSPS) is 13.2. The van der Waals surface area contributed by atoms with Crippen molar-refractivity contribution in [3.63, 3.8) is 0 Å². The lowest BCUT2D eigenvalue weighted by Crippen LogP contribution is -2.20. The minimum absolute atomic E-state index is 0.369. The van der Waals surface area contributed by atoms with E-state index in [0.717, 1.165) is 6.54 Å². The molecule has 0 radical (unpaired) electrons. The van der Waals surface area contributed by atoms with Crippen molar-refractivity contribution in [2.24, 2.45) is 0 Å². The molecule has 0 aliphatic heterocycles. The highest BCUT2D eigenvalue weighted by molar-refractivity contribution is 5.52. The van der Waals surface area contributed by atoms with Crippen molar-refractivity contribution in [2.75, 3.05) is 6.54 Å². The fourth-order valence-electron chi connectivity index (χ4n) is 2.26. The van der Waals surface area contributed by atoms with Gasteiger partial charge in [0, 0.05) is 12.6 Å². The summed E-state index contributed by atoms with van der Waals surface area (Å²) >= 11 is 0. The van der Waals surface area contributed by atoms with Crippen LogP contribution in [0.1, 0.15) is 36.6 Å². The molecule has 0 aromatic heterocycles. The largest absolute Gasteiger partial charge is 0.306 e. The molecule has 2 aromatic rings. The molecule has 1 atom stereocenters. The third-order valence-electron chi connectivity index (χ3n) is 3.44. The molecule has 0 spiro atoms. The van der Waals surface area contributed by atoms with Crippen LogP contribution >= 0.6 is 0 Å². The summed E-state index contributed by atoms with van der Waals surface area (Å²) in [5.41, 5.74) is 5.26. The molecule has 0 aliphatic carbocycles. The second-order valence-electron chi connectivity index (χ2n) is 5.42. The van der Waals surface area contributed by atoms with Gasteiger partial charge in [0.2, 0.25) is 0 Å². The monoisotopic (exact) mass is 265 g/mol. The first-order valence-electron chi connectivity index (χ1n) is 7.17. The van der Waals surface area contributed by atoms with E-state index in [4.69, 9.17) is 0 Å². The maximum atomic E-state index is 3.58. The lowest BCUT2D eigenvalue weighted by atomic mass is 10.1. The third kappa shape index (κ3) is 4.36. The molecule has 0 heterocycles. The van der Waals surface area contributed by atoms with Gasteiger partial charge < -0.3 is 5.32 Å². The molecule has 1 unspecified atom stereocenters. The zero-order valence-corrected chi connectivity index (χ0v) is 12.6. The highest BCUT2D eigenvalue weighted by atomic mass is 14.9. The van der Waals surface area contributed by atoms with Crippen LogP contribution in [0.4, 0.5) is 0 Å². The molecule has 0 fully saturated rings. The number of benzene rings is 2. The van der Waals surface area contributed by atoms with Crippen LogP contribution in [-0.4, -0.2) is 6.54 Å². The minimum atomic E-state index is 0.369. The first-order chi connectivity index (χ1) is 9.65. The number of nitrogens with one attached hydrogen (secondary N) is 1. The Morgan fingerprint density at radius 3 is 2.55 bits per heavy atom. The lowest BCUT2D eigenvalue weighted by molar-refractivity contribution is 0.607. The summed E-state index contributed by atoms with van der Waals surface area (Å²) in [5.74, 6) is 0. The predicted molar refractivity (Wildman–Crippen MR) is 87.7 cm³/mol. The fourth-order valence-corrected chi connectivity index (χ4v) is 2.26. The van der Waals surface area contributed by atoms with Gasteiger partial charge in [-0.25, -0.2) is 0 Å². The number of rotatable bonds is 5. The Balaban J connectivity index is 1.93. The molecule has 2 aromatic carbocycles. The topological polar surface area (TPSA) is 12.0 Å². The van der Waals surface area contributed by atoms with Crippen LogP contribution in [0.15, 0.2) is 60.2 Å². The van der Waals surface area contributed by atoms with Crippen LogP contribution in [0.5, 0.6) is 0 Å². The maximum absolute atomic E-state index is 3.58. The highest BCUT2D eigenvalue weighted by Gasteiger charge is 2.04. The first kappa shape index (κ1) is 14.5. The molecule has 0 bridgehead atoms. The van der Waals surface area contributed by atoms with E-state index >= 15 is 0 Å². The van der Waals surface area contributed by atoms with E-state index in [1.54, 1.807) is 0 Å². The van der Waals surface area contributed by atoms with Crippen LogP contribution in [0.2, 0.25) is 0 Å². The Labute approximate surface area is 122 Å². The molecule has 104 valence electrons. The molecule has 1 N–H and O–H groups in total. The zero-order chi connectivity index (χ0) is 14.4. The summed E-state index contributed by atoms with van der Waals surface area (Å²) in [6.07, 6.45) is 2.23. The van der Waals surface area contributed by atoms with Gasteiger partial charge >= 0.3 is 0 Å². The van der Waals surface area contributed by atoms with Crippen molar-refractivity contribution in [2.45, 2.75) is 26.8 Å². The minimum Gasteiger partial charge on any atom is -0.306 e. The molecular formula is C19H23N. The van der Waals surface area contributed by atoms with Gasteiger partial charge in [0.05, 0.1) is 0 Å². The van der Waals surface area contributed by atoms with Crippen molar-refractivity contribution in [1.82, 2.24) is 5.32 Å². The average molecular weight is 265 g/mol. The summed E-state index contributed by atoms with van der Waals surface area (Å²) < 4.78 is 0. The van der Waals surface area contributed by atoms with E-state index in [9.17, 15) is 0 Å². The van der Waals surface area contributed by atoms with Crippen LogP contribution < -0.4 is 5.32 Å². The summed E-state index contributed by atoms with van der Waals surface area (Å²) in [6.45, 7) is 7.42. The van der Waals surface area contributed by atoms with Crippen LogP contribution in [0.3, 0.4) is 0 Å². The Morgan fingerprint density at radius 2 is 1.85 bits per heavy atom. The molecule has 0 amide bonds. The summed E-state index contributed by atoms with van der Waals surface area (Å²) in [4.78, 5) is 0. The Hall–Kier alpha value is -1.86. The lowest BCUT2D eigenvalue weighted by Gasteiger charge is -2.15. The molecule has 0 aliphatic rings. The third-order valence-corrected chi connectivity index (χ3v) is 3.44. The molecule has 20 heavy (non-hydrogen) atoms. The van der Waals surface area contributed by atoms with Gasteiger partial charge in [-0.3, -0.25) is 0 Å². The van der Waals surface area contributed by atoms with Gasteiger partial charge in [0.25, 0.3) is 0 Å². The van der Waals surface area contributed by atoms with Crippen molar-refractivity contribution in [3.05, 3.63) is 76.9 Å². The first-order valence-corrected chi connectivity index (χ1v) is 7.17. The van der Waals surface area contributed by atoms with Gasteiger partial charge in [0.1, 0.15) is 0 Å². The van der Waals surface area contributed by atoms with E-state index in [2.05, 4.69) is 80.7 Å². The number of hydrogen-bond donors (Lipinski definition) is 1. The molecule has 1 nitrogen and oxygen atoms in total. The summed E-state index contributed by atoms with van der Waals surface area (Å²) in [6, 6.07) is 19.5. The molecular weight excluding hydrogens is 242 g/mol. The van der Waals surface area contributed by atoms with Gasteiger partial charge in [-0.15, -0.1) is 0 Å². The van der Waals surface area contributed by atoms with E-state index in [1.165, 1.54) is 22.3 Å². The van der Waals surface area contributed by atoms with Gasteiger partial charge in [-0.2, -0.15) is 0 Å². The molecule has 0 saturated heterocycles. The summed E-state index contributed by atoms with van der Waals surface area (Å²) in [5, 5.41) is 3.58. The second-order valence-corrected chi connectivity index (χ2v) is 5.42. The molecule has 0 saturated carbocycles. The number of aryl methyl sites for hydroxylation is 1. The van der Waals surface area contributed by atoms with E-state index in [-0.39, 0.29) is 0 Å². The second kappa shape index (κ2) is 7.06. The molecule has 2 rings (SSSR count). The smallest absolute Gasteiger partial charge is 0.0294 e. The average Bonchev–Trinajstić information content (AvgIpc) is 2.46. The van der Waals surface area contributed by atoms with Gasteiger partial charge in [0.15, 0.2) is 0 Å². The van der Waals surface area contributed by atoms with Crippen molar-refractivity contribution in [1.29, 1.82) is 0 Å². The van der Waals surface area contributed by atoms with Crippen molar-refractivity contribution in [3.8, 4) is 0 Å². The summed E-state index contributed by atoms with van der Waals surface area (Å²) in [7, 11) is 0. The Kier molecular flexibility index (Phi) is 5.14. The SMILES string of the molecule is C/C(=C\c1ccccc1)CNC(C)c1cccc(C)c1. The highest BCUT2D eigenvalue weighted by Crippen LogP contribution is 2.14. The van der Waals surface area contributed by atoms with Gasteiger partial charge in [-0.1, -0.05) is 71.8 Å². The standard InChI is InChI=1S/C19H23N/c1-15-8-7-11-19(13-15)17(3)20-14-16(2)12-18-9-5-4-6-10-18/h4-13,17,20H,14H2,1-3H3/b16-12+. The van der Waals surface area contributed by atoms with E-state index in [1.807, 2.05) is 6.07 Å². The van der Waals surface area contributed by atoms with Crippen LogP contribution in [-0.2, 0) is 0 Å². The van der Waals surface area contributed by atoms with Crippen LogP contribution in [0.25, 0.3) is 6.08 Å². The zero-order valence-electron chi connectivity index (χ0n) is 12.6. The van der Waals surface area contributed by atoms with Crippen molar-refractivity contribution >= 4 is 6.08 Å². The van der Waals surface area contributed by atoms with Crippen molar-refractivity contribution < 1.29 is 0 Å². The van der Waals surface area contributed by atoms with Gasteiger partial charge in [-0.05, 0) is 31.9 Å². The maximum Gasteiger partial charge on any atom is 0.0294 e. The predicted octanol–water partition coefficient (Wildman–Crippen LogP) is 4.75. The number of hydrogen-bond acceptors (Lipinski definition) is 1. The fraction of sp³-hybridized carbons (Fsp3) is 0.263.